The number of aryl methyl sites for hydroxylation is 1. The van der Waals surface area contributed by atoms with E-state index in [1.54, 1.807) is 4.57 Å². The number of nitrogens with zero attached hydrogens (tertiary/aromatic N) is 3. The van der Waals surface area contributed by atoms with Crippen molar-refractivity contribution >= 4 is 22.8 Å². The van der Waals surface area contributed by atoms with Crippen LogP contribution < -0.4 is 15.6 Å². The minimum absolute atomic E-state index is 0.0110. The molecule has 1 aliphatic heterocycles. The molecule has 7 nitrogen and oxygen atoms in total. The first kappa shape index (κ1) is 15.4. The summed E-state index contributed by atoms with van der Waals surface area (Å²) >= 11 is 0. The normalized spacial score (nSPS) is 15.1. The lowest BCUT2D eigenvalue weighted by molar-refractivity contribution is 0.0695. The Kier molecular flexibility index (Phi) is 3.99. The van der Waals surface area contributed by atoms with E-state index in [2.05, 4.69) is 10.3 Å². The van der Waals surface area contributed by atoms with Gasteiger partial charge in [-0.05, 0) is 13.0 Å². The van der Waals surface area contributed by atoms with Crippen molar-refractivity contribution in [3.8, 4) is 0 Å². The second-order valence-corrected chi connectivity index (χ2v) is 5.34. The second kappa shape index (κ2) is 5.96. The molecule has 2 N–H and O–H groups in total. The number of hydrogen-bond acceptors (Lipinski definition) is 5. The van der Waals surface area contributed by atoms with Crippen LogP contribution in [0.3, 0.4) is 0 Å². The van der Waals surface area contributed by atoms with Crippen LogP contribution in [0.15, 0.2) is 17.1 Å². The fourth-order valence-electron chi connectivity index (χ4n) is 2.98. The molecule has 0 atom stereocenters. The van der Waals surface area contributed by atoms with Gasteiger partial charge in [0, 0.05) is 32.7 Å². The van der Waals surface area contributed by atoms with Crippen LogP contribution in [0.4, 0.5) is 10.2 Å². The molecular formula is C15H17FN4O3. The van der Waals surface area contributed by atoms with Crippen LogP contribution in [0.2, 0.25) is 0 Å². The van der Waals surface area contributed by atoms with E-state index in [1.807, 2.05) is 11.8 Å². The lowest BCUT2D eigenvalue weighted by Gasteiger charge is -2.32. The maximum atomic E-state index is 13.5. The smallest absolute Gasteiger partial charge is 0.343 e. The first-order valence-corrected chi connectivity index (χ1v) is 7.45. The summed E-state index contributed by atoms with van der Waals surface area (Å²) in [6, 6.07) is 1.05. The molecule has 0 aromatic carbocycles. The molecule has 1 aliphatic rings. The molecule has 0 bridgehead atoms. The molecule has 3 rings (SSSR count). The fourth-order valence-corrected chi connectivity index (χ4v) is 2.98. The summed E-state index contributed by atoms with van der Waals surface area (Å²) in [7, 11) is 0. The molecule has 23 heavy (non-hydrogen) atoms. The number of nitrogens with one attached hydrogen (secondary N) is 1. The van der Waals surface area contributed by atoms with Crippen molar-refractivity contribution < 1.29 is 14.3 Å². The highest BCUT2D eigenvalue weighted by molar-refractivity contribution is 5.98. The van der Waals surface area contributed by atoms with Crippen LogP contribution in [-0.4, -0.2) is 46.8 Å². The van der Waals surface area contributed by atoms with Crippen molar-refractivity contribution in [3.05, 3.63) is 33.9 Å². The Labute approximate surface area is 131 Å². The van der Waals surface area contributed by atoms with Gasteiger partial charge >= 0.3 is 5.97 Å². The van der Waals surface area contributed by atoms with E-state index in [0.29, 0.717) is 44.2 Å². The number of piperazine rings is 1. The lowest BCUT2D eigenvalue weighted by atomic mass is 10.1. The maximum Gasteiger partial charge on any atom is 0.343 e. The van der Waals surface area contributed by atoms with E-state index in [1.165, 1.54) is 0 Å². The minimum Gasteiger partial charge on any atom is -0.477 e. The topological polar surface area (TPSA) is 87.5 Å². The van der Waals surface area contributed by atoms with Crippen molar-refractivity contribution in [1.82, 2.24) is 14.9 Å². The molecular weight excluding hydrogens is 303 g/mol. The molecule has 0 amide bonds. The highest BCUT2D eigenvalue weighted by Crippen LogP contribution is 2.24. The molecule has 0 saturated carbocycles. The summed E-state index contributed by atoms with van der Waals surface area (Å²) in [6.45, 7) is 4.85. The maximum absolute atomic E-state index is 13.5. The van der Waals surface area contributed by atoms with Gasteiger partial charge in [0.25, 0.3) is 0 Å². The summed E-state index contributed by atoms with van der Waals surface area (Å²) in [5, 5.41) is 12.7. The van der Waals surface area contributed by atoms with Gasteiger partial charge in [0.05, 0.1) is 11.6 Å². The Bertz CT molecular complexity index is 828. The van der Waals surface area contributed by atoms with Gasteiger partial charge < -0.3 is 19.9 Å². The summed E-state index contributed by atoms with van der Waals surface area (Å²) < 4.78 is 15.1. The number of rotatable bonds is 3. The Balaban J connectivity index is 2.40. The number of fused-ring (bicyclic) bond motifs is 1. The second-order valence-electron chi connectivity index (χ2n) is 5.34. The number of anilines is 1. The summed E-state index contributed by atoms with van der Waals surface area (Å²) in [5.74, 6) is -1.63. The standard InChI is InChI=1S/C15H17FN4O3/c1-2-20-13-10(7-9(16)8-18-13)12(21)11(15(22)23)14(20)19-5-3-17-4-6-19/h7-8,17H,2-6H2,1H3,(H,22,23). The molecule has 2 aromatic heterocycles. The molecule has 0 unspecified atom stereocenters. The average molecular weight is 320 g/mol. The van der Waals surface area contributed by atoms with Gasteiger partial charge in [0.2, 0.25) is 5.43 Å². The first-order valence-electron chi connectivity index (χ1n) is 7.45. The zero-order valence-corrected chi connectivity index (χ0v) is 12.7. The third-order valence-corrected chi connectivity index (χ3v) is 3.99. The van der Waals surface area contributed by atoms with E-state index >= 15 is 0 Å². The number of pyridine rings is 2. The van der Waals surface area contributed by atoms with E-state index in [4.69, 9.17) is 0 Å². The average Bonchev–Trinajstić information content (AvgIpc) is 2.55. The fraction of sp³-hybridized carbons (Fsp3) is 0.400. The summed E-state index contributed by atoms with van der Waals surface area (Å²) in [5.41, 5.74) is -0.719. The quantitative estimate of drug-likeness (QED) is 0.864. The van der Waals surface area contributed by atoms with Crippen molar-refractivity contribution in [3.63, 3.8) is 0 Å². The van der Waals surface area contributed by atoms with Gasteiger partial charge in [-0.3, -0.25) is 4.79 Å². The highest BCUT2D eigenvalue weighted by Gasteiger charge is 2.27. The predicted octanol–water partition coefficient (Wildman–Crippen LogP) is 0.663. The molecule has 0 radical (unpaired) electrons. The number of carbonyl (C=O) groups is 1. The molecule has 0 aliphatic carbocycles. The largest absolute Gasteiger partial charge is 0.477 e. The Morgan fingerprint density at radius 2 is 2.13 bits per heavy atom. The number of aromatic carboxylic acids is 1. The van der Waals surface area contributed by atoms with Gasteiger partial charge in [-0.15, -0.1) is 0 Å². The van der Waals surface area contributed by atoms with Crippen LogP contribution in [0.25, 0.3) is 11.0 Å². The number of carboxylic acid groups (broad SMARTS) is 1. The van der Waals surface area contributed by atoms with Crippen LogP contribution in [0, 0.1) is 5.82 Å². The molecule has 122 valence electrons. The van der Waals surface area contributed by atoms with Gasteiger partial charge in [-0.25, -0.2) is 14.2 Å². The number of carboxylic acids is 1. The van der Waals surface area contributed by atoms with Crippen LogP contribution >= 0.6 is 0 Å². The van der Waals surface area contributed by atoms with Gasteiger partial charge in [-0.1, -0.05) is 0 Å². The van der Waals surface area contributed by atoms with Crippen molar-refractivity contribution in [2.75, 3.05) is 31.1 Å². The zero-order chi connectivity index (χ0) is 16.6. The van der Waals surface area contributed by atoms with Gasteiger partial charge in [0.1, 0.15) is 22.8 Å². The Morgan fingerprint density at radius 3 is 2.74 bits per heavy atom. The number of aromatic nitrogens is 2. The third kappa shape index (κ3) is 2.55. The van der Waals surface area contributed by atoms with E-state index in [0.717, 1.165) is 12.3 Å². The van der Waals surface area contributed by atoms with E-state index in [-0.39, 0.29) is 10.9 Å². The molecule has 8 heteroatoms. The van der Waals surface area contributed by atoms with Gasteiger partial charge in [-0.2, -0.15) is 0 Å². The molecule has 1 fully saturated rings. The molecule has 1 saturated heterocycles. The highest BCUT2D eigenvalue weighted by atomic mass is 19.1. The molecule has 2 aromatic rings. The predicted molar refractivity (Wildman–Crippen MR) is 83.7 cm³/mol. The number of halogens is 1. The van der Waals surface area contributed by atoms with Crippen molar-refractivity contribution in [2.45, 2.75) is 13.5 Å². The Morgan fingerprint density at radius 1 is 1.43 bits per heavy atom. The van der Waals surface area contributed by atoms with Crippen LogP contribution in [0.5, 0.6) is 0 Å². The summed E-state index contributed by atoms with van der Waals surface area (Å²) in [4.78, 5) is 30.2. The lowest BCUT2D eigenvalue weighted by Crippen LogP contribution is -2.46. The van der Waals surface area contributed by atoms with Crippen molar-refractivity contribution in [1.29, 1.82) is 0 Å². The molecule has 0 spiro atoms. The van der Waals surface area contributed by atoms with E-state index in [9.17, 15) is 19.1 Å². The van der Waals surface area contributed by atoms with Gasteiger partial charge in [0.15, 0.2) is 0 Å². The third-order valence-electron chi connectivity index (χ3n) is 3.99. The number of hydrogen-bond donors (Lipinski definition) is 2. The SMILES string of the molecule is CCn1c(N2CCNCC2)c(C(=O)O)c(=O)c2cc(F)cnc21. The van der Waals surface area contributed by atoms with Crippen LogP contribution in [-0.2, 0) is 6.54 Å². The summed E-state index contributed by atoms with van der Waals surface area (Å²) in [6.07, 6.45) is 1.04. The van der Waals surface area contributed by atoms with Crippen LogP contribution in [0.1, 0.15) is 17.3 Å². The zero-order valence-electron chi connectivity index (χ0n) is 12.7. The van der Waals surface area contributed by atoms with Crippen molar-refractivity contribution in [2.24, 2.45) is 0 Å². The Hall–Kier alpha value is -2.48. The molecule has 3 heterocycles. The minimum atomic E-state index is -1.31. The first-order chi connectivity index (χ1) is 11.0. The van der Waals surface area contributed by atoms with E-state index < -0.39 is 17.2 Å². The monoisotopic (exact) mass is 320 g/mol.